The summed E-state index contributed by atoms with van der Waals surface area (Å²) in [5.41, 5.74) is -0.211. The van der Waals surface area contributed by atoms with E-state index >= 15 is 0 Å². The number of halogens is 4. The second-order valence-corrected chi connectivity index (χ2v) is 7.54. The molecule has 0 aliphatic carbocycles. The molecule has 4 atom stereocenters. The number of hydrogen-bond acceptors (Lipinski definition) is 7. The molecule has 5 rings (SSSR count). The lowest BCUT2D eigenvalue weighted by molar-refractivity contribution is -0.137. The number of nitrogens with one attached hydrogen (secondary N) is 1. The third-order valence-corrected chi connectivity index (χ3v) is 5.26. The van der Waals surface area contributed by atoms with Crippen LogP contribution in [0.25, 0.3) is 11.2 Å². The Labute approximate surface area is 177 Å². The normalized spacial score (nSPS) is 25.7. The molecule has 0 amide bonds. The van der Waals surface area contributed by atoms with Gasteiger partial charge in [0.2, 0.25) is 5.88 Å². The summed E-state index contributed by atoms with van der Waals surface area (Å²) in [6.45, 7) is 0.393. The van der Waals surface area contributed by atoms with Crippen LogP contribution >= 0.6 is 11.6 Å². The predicted molar refractivity (Wildman–Crippen MR) is 100 cm³/mol. The Bertz CT molecular complexity index is 1120. The maximum atomic E-state index is 12.9. The highest BCUT2D eigenvalue weighted by Crippen LogP contribution is 2.35. The van der Waals surface area contributed by atoms with E-state index in [4.69, 9.17) is 30.5 Å². The van der Waals surface area contributed by atoms with Crippen molar-refractivity contribution in [3.8, 4) is 17.6 Å². The summed E-state index contributed by atoms with van der Waals surface area (Å²) in [6.07, 6.45) is -6.55. The van der Waals surface area contributed by atoms with Crippen molar-refractivity contribution >= 4 is 22.8 Å². The van der Waals surface area contributed by atoms with Gasteiger partial charge in [-0.05, 0) is 24.3 Å². The molecule has 2 saturated heterocycles. The summed E-state index contributed by atoms with van der Waals surface area (Å²) < 4.78 is 61.0. The summed E-state index contributed by atoms with van der Waals surface area (Å²) in [6, 6.07) is 6.00. The number of aliphatic hydroxyl groups is 1. The Morgan fingerprint density at radius 2 is 1.94 bits per heavy atom. The average molecular weight is 458 g/mol. The van der Waals surface area contributed by atoms with Gasteiger partial charge in [-0.2, -0.15) is 23.1 Å². The van der Waals surface area contributed by atoms with E-state index < -0.39 is 36.2 Å². The molecule has 2 aliphatic heterocycles. The van der Waals surface area contributed by atoms with Gasteiger partial charge in [-0.1, -0.05) is 17.7 Å². The molecule has 1 unspecified atom stereocenters. The van der Waals surface area contributed by atoms with E-state index in [1.807, 2.05) is 0 Å². The number of aromatic amines is 1. The third kappa shape index (κ3) is 3.89. The largest absolute Gasteiger partial charge is 0.456 e. The number of hydrogen-bond donors (Lipinski definition) is 2. The predicted octanol–water partition coefficient (Wildman–Crippen LogP) is 3.33. The minimum absolute atomic E-state index is 0.0679. The molecular weight excluding hydrogens is 443 g/mol. The van der Waals surface area contributed by atoms with Crippen molar-refractivity contribution in [3.63, 3.8) is 0 Å². The number of aromatic nitrogens is 3. The summed E-state index contributed by atoms with van der Waals surface area (Å²) in [5.74, 6) is -0.167. The van der Waals surface area contributed by atoms with E-state index in [0.29, 0.717) is 5.52 Å². The molecule has 0 saturated carbocycles. The first-order valence-electron chi connectivity index (χ1n) is 9.27. The minimum Gasteiger partial charge on any atom is -0.456 e. The molecule has 12 heteroatoms. The van der Waals surface area contributed by atoms with Crippen LogP contribution in [0.3, 0.4) is 0 Å². The zero-order valence-corrected chi connectivity index (χ0v) is 16.4. The molecular formula is C19H15ClF3N3O5. The SMILES string of the molecule is O[C@@H]1COC2[C@H](Oc3nc4nc(Oc5cccc(C(F)(F)F)c5)c(Cl)cc4[nH]3)CO[C@@H]21. The van der Waals surface area contributed by atoms with Crippen LogP contribution in [0.4, 0.5) is 13.2 Å². The lowest BCUT2D eigenvalue weighted by atomic mass is 10.1. The first kappa shape index (κ1) is 20.3. The van der Waals surface area contributed by atoms with Crippen LogP contribution < -0.4 is 9.47 Å². The van der Waals surface area contributed by atoms with Crippen molar-refractivity contribution in [2.45, 2.75) is 30.6 Å². The molecule has 2 fully saturated rings. The number of nitrogens with zero attached hydrogens (tertiary/aromatic N) is 2. The van der Waals surface area contributed by atoms with Gasteiger partial charge in [-0.3, -0.25) is 0 Å². The molecule has 1 aromatic carbocycles. The first-order chi connectivity index (χ1) is 14.8. The minimum atomic E-state index is -4.50. The maximum absolute atomic E-state index is 12.9. The van der Waals surface area contributed by atoms with Gasteiger partial charge in [0.15, 0.2) is 11.8 Å². The highest BCUT2D eigenvalue weighted by atomic mass is 35.5. The highest BCUT2D eigenvalue weighted by Gasteiger charge is 2.48. The molecule has 0 spiro atoms. The molecule has 0 bridgehead atoms. The standard InChI is InChI=1S/C19H15ClF3N3O5/c20-10-5-11-16(25-17(10)30-9-3-1-2-8(4-9)19(21,22)23)26-18(24-11)31-13-7-29-14-12(27)6-28-15(13)14/h1-5,12-15,27H,6-7H2,(H,24,25,26)/t12-,13-,14-,15?/m1/s1. The van der Waals surface area contributed by atoms with Crippen LogP contribution in [-0.2, 0) is 15.7 Å². The van der Waals surface area contributed by atoms with Crippen LogP contribution in [0.1, 0.15) is 5.56 Å². The Hall–Kier alpha value is -2.60. The van der Waals surface area contributed by atoms with Gasteiger partial charge in [0, 0.05) is 0 Å². The lowest BCUT2D eigenvalue weighted by Crippen LogP contribution is -2.34. The third-order valence-electron chi connectivity index (χ3n) is 4.99. The second kappa shape index (κ2) is 7.52. The highest BCUT2D eigenvalue weighted by molar-refractivity contribution is 6.32. The number of alkyl halides is 3. The smallest absolute Gasteiger partial charge is 0.416 e. The number of benzene rings is 1. The van der Waals surface area contributed by atoms with E-state index in [0.717, 1.165) is 12.1 Å². The Kier molecular flexibility index (Phi) is 4.93. The van der Waals surface area contributed by atoms with E-state index in [2.05, 4.69) is 15.0 Å². The zero-order chi connectivity index (χ0) is 21.8. The molecule has 2 aromatic heterocycles. The van der Waals surface area contributed by atoms with Gasteiger partial charge in [-0.15, -0.1) is 0 Å². The Morgan fingerprint density at radius 3 is 2.74 bits per heavy atom. The van der Waals surface area contributed by atoms with Crippen molar-refractivity contribution in [1.29, 1.82) is 0 Å². The monoisotopic (exact) mass is 457 g/mol. The Morgan fingerprint density at radius 1 is 1.13 bits per heavy atom. The summed E-state index contributed by atoms with van der Waals surface area (Å²) in [5, 5.41) is 9.89. The number of imidazole rings is 1. The van der Waals surface area contributed by atoms with Gasteiger partial charge in [-0.25, -0.2) is 0 Å². The van der Waals surface area contributed by atoms with Gasteiger partial charge in [0.25, 0.3) is 6.01 Å². The maximum Gasteiger partial charge on any atom is 0.416 e. The fourth-order valence-corrected chi connectivity index (χ4v) is 3.73. The van der Waals surface area contributed by atoms with Gasteiger partial charge >= 0.3 is 6.18 Å². The number of ether oxygens (including phenoxy) is 4. The zero-order valence-electron chi connectivity index (χ0n) is 15.6. The van der Waals surface area contributed by atoms with Crippen molar-refractivity contribution in [2.75, 3.05) is 13.2 Å². The van der Waals surface area contributed by atoms with Crippen LogP contribution in [0.2, 0.25) is 5.02 Å². The molecule has 164 valence electrons. The summed E-state index contributed by atoms with van der Waals surface area (Å²) in [7, 11) is 0. The number of aliphatic hydroxyl groups excluding tert-OH is 1. The van der Waals surface area contributed by atoms with E-state index in [-0.39, 0.29) is 41.5 Å². The molecule has 2 aliphatic rings. The quantitative estimate of drug-likeness (QED) is 0.620. The molecule has 4 heterocycles. The summed E-state index contributed by atoms with van der Waals surface area (Å²) in [4.78, 5) is 11.3. The molecule has 8 nitrogen and oxygen atoms in total. The number of pyridine rings is 1. The number of fused-ring (bicyclic) bond motifs is 2. The fraction of sp³-hybridized carbons (Fsp3) is 0.368. The average Bonchev–Trinajstić information content (AvgIpc) is 3.39. The van der Waals surface area contributed by atoms with Crippen molar-refractivity contribution in [1.82, 2.24) is 15.0 Å². The van der Waals surface area contributed by atoms with Crippen molar-refractivity contribution in [3.05, 3.63) is 40.9 Å². The van der Waals surface area contributed by atoms with Crippen LogP contribution in [0.15, 0.2) is 30.3 Å². The van der Waals surface area contributed by atoms with Gasteiger partial charge in [0.05, 0.1) is 24.3 Å². The molecule has 31 heavy (non-hydrogen) atoms. The van der Waals surface area contributed by atoms with E-state index in [9.17, 15) is 18.3 Å². The Balaban J connectivity index is 1.36. The van der Waals surface area contributed by atoms with Crippen molar-refractivity contribution in [2.24, 2.45) is 0 Å². The second-order valence-electron chi connectivity index (χ2n) is 7.14. The van der Waals surface area contributed by atoms with Crippen molar-refractivity contribution < 1.29 is 37.2 Å². The lowest BCUT2D eigenvalue weighted by Gasteiger charge is -2.15. The van der Waals surface area contributed by atoms with Crippen LogP contribution in [0.5, 0.6) is 17.6 Å². The van der Waals surface area contributed by atoms with Gasteiger partial charge in [0.1, 0.15) is 29.1 Å². The first-order valence-corrected chi connectivity index (χ1v) is 9.65. The molecule has 2 N–H and O–H groups in total. The van der Waals surface area contributed by atoms with Crippen LogP contribution in [0, 0.1) is 0 Å². The molecule has 0 radical (unpaired) electrons. The van der Waals surface area contributed by atoms with E-state index in [1.54, 1.807) is 0 Å². The number of rotatable bonds is 4. The number of H-pyrrole nitrogens is 1. The fourth-order valence-electron chi connectivity index (χ4n) is 3.54. The summed E-state index contributed by atoms with van der Waals surface area (Å²) >= 11 is 6.19. The molecule has 3 aromatic rings. The van der Waals surface area contributed by atoms with E-state index in [1.165, 1.54) is 18.2 Å². The van der Waals surface area contributed by atoms with Gasteiger partial charge < -0.3 is 29.0 Å². The topological polar surface area (TPSA) is 98.7 Å². The van der Waals surface area contributed by atoms with Crippen LogP contribution in [-0.4, -0.2) is 57.7 Å².